The third-order valence-electron chi connectivity index (χ3n) is 5.54. The summed E-state index contributed by atoms with van der Waals surface area (Å²) in [5.41, 5.74) is 2.22. The molecule has 0 bridgehead atoms. The Balaban J connectivity index is 1.61. The number of halogens is 2. The van der Waals surface area contributed by atoms with Crippen molar-refractivity contribution in [1.82, 2.24) is 4.98 Å². The van der Waals surface area contributed by atoms with Crippen LogP contribution < -0.4 is 5.06 Å². The number of hydrogen-bond donors (Lipinski definition) is 0. The normalized spacial score (nSPS) is 21.4. The summed E-state index contributed by atoms with van der Waals surface area (Å²) in [6.45, 7) is 2.18. The maximum atomic E-state index is 14.2. The standard InChI is InChI=1S/C23H24F2N2O3/c1-15-20(25)5-4-6-21(15)27(30-22-7-2-3-10-29-22)23(28)17-9-8-16(11-17)18-12-19(24)14-26-13-18/h4-6,11-14,17,22H,2-3,7-10H2,1H3. The van der Waals surface area contributed by atoms with E-state index in [1.807, 2.05) is 6.08 Å². The van der Waals surface area contributed by atoms with Gasteiger partial charge in [0.25, 0.3) is 5.91 Å². The number of allylic oxidation sites excluding steroid dienone is 1. The smallest absolute Gasteiger partial charge is 0.257 e. The number of hydroxylamine groups is 1. The predicted octanol–water partition coefficient (Wildman–Crippen LogP) is 4.95. The van der Waals surface area contributed by atoms with Gasteiger partial charge in [-0.2, -0.15) is 5.06 Å². The molecule has 30 heavy (non-hydrogen) atoms. The van der Waals surface area contributed by atoms with Gasteiger partial charge in [-0.3, -0.25) is 9.78 Å². The number of ether oxygens (including phenoxy) is 1. The van der Waals surface area contributed by atoms with Gasteiger partial charge in [0.05, 0.1) is 17.8 Å². The molecule has 5 nitrogen and oxygen atoms in total. The number of amides is 1. The summed E-state index contributed by atoms with van der Waals surface area (Å²) in [5, 5.41) is 1.18. The average molecular weight is 414 g/mol. The molecular formula is C23H24F2N2O3. The van der Waals surface area contributed by atoms with Crippen LogP contribution in [0.4, 0.5) is 14.5 Å². The zero-order valence-corrected chi connectivity index (χ0v) is 16.8. The highest BCUT2D eigenvalue weighted by molar-refractivity contribution is 5.96. The molecule has 2 heterocycles. The average Bonchev–Trinajstić information content (AvgIpc) is 3.25. The molecule has 2 aromatic rings. The molecular weight excluding hydrogens is 390 g/mol. The van der Waals surface area contributed by atoms with Gasteiger partial charge in [-0.1, -0.05) is 12.1 Å². The van der Waals surface area contributed by atoms with Crippen LogP contribution in [0.25, 0.3) is 5.57 Å². The van der Waals surface area contributed by atoms with Crippen LogP contribution in [-0.4, -0.2) is 23.8 Å². The van der Waals surface area contributed by atoms with Crippen molar-refractivity contribution in [3.05, 3.63) is 65.5 Å². The Morgan fingerprint density at radius 3 is 2.87 bits per heavy atom. The Labute approximate surface area is 174 Å². The molecule has 1 aliphatic carbocycles. The van der Waals surface area contributed by atoms with Crippen molar-refractivity contribution in [2.45, 2.75) is 45.3 Å². The molecule has 0 N–H and O–H groups in total. The van der Waals surface area contributed by atoms with Gasteiger partial charge in [0, 0.05) is 24.8 Å². The lowest BCUT2D eigenvalue weighted by molar-refractivity contribution is -0.178. The number of aromatic nitrogens is 1. The SMILES string of the molecule is Cc1c(F)cccc1N(OC1CCCCO1)C(=O)C1C=C(c2cncc(F)c2)CC1. The number of carbonyl (C=O) groups is 1. The fourth-order valence-electron chi connectivity index (χ4n) is 3.85. The first-order valence-electron chi connectivity index (χ1n) is 10.2. The first kappa shape index (κ1) is 20.6. The molecule has 2 aliphatic rings. The van der Waals surface area contributed by atoms with E-state index in [-0.39, 0.29) is 5.91 Å². The minimum Gasteiger partial charge on any atom is -0.350 e. The quantitative estimate of drug-likeness (QED) is 0.650. The molecule has 1 aromatic heterocycles. The van der Waals surface area contributed by atoms with Crippen LogP contribution >= 0.6 is 0 Å². The number of rotatable bonds is 5. The number of pyridine rings is 1. The first-order chi connectivity index (χ1) is 14.5. The van der Waals surface area contributed by atoms with E-state index in [0.717, 1.165) is 24.6 Å². The number of nitrogens with zero attached hydrogens (tertiary/aromatic N) is 2. The molecule has 1 aromatic carbocycles. The van der Waals surface area contributed by atoms with E-state index in [4.69, 9.17) is 9.57 Å². The van der Waals surface area contributed by atoms with Gasteiger partial charge in [-0.15, -0.1) is 0 Å². The number of hydrogen-bond acceptors (Lipinski definition) is 4. The summed E-state index contributed by atoms with van der Waals surface area (Å²) in [4.78, 5) is 23.2. The van der Waals surface area contributed by atoms with Crippen molar-refractivity contribution >= 4 is 17.2 Å². The summed E-state index contributed by atoms with van der Waals surface area (Å²) in [6.07, 6.45) is 7.74. The summed E-state index contributed by atoms with van der Waals surface area (Å²) >= 11 is 0. The third-order valence-corrected chi connectivity index (χ3v) is 5.54. The number of carbonyl (C=O) groups excluding carboxylic acids is 1. The molecule has 1 saturated heterocycles. The molecule has 2 unspecified atom stereocenters. The number of benzene rings is 1. The Morgan fingerprint density at radius 2 is 2.10 bits per heavy atom. The second kappa shape index (κ2) is 9.02. The van der Waals surface area contributed by atoms with Crippen LogP contribution in [0.3, 0.4) is 0 Å². The topological polar surface area (TPSA) is 51.7 Å². The summed E-state index contributed by atoms with van der Waals surface area (Å²) in [7, 11) is 0. The van der Waals surface area contributed by atoms with E-state index in [2.05, 4.69) is 4.98 Å². The third kappa shape index (κ3) is 4.42. The molecule has 0 spiro atoms. The van der Waals surface area contributed by atoms with E-state index in [1.165, 1.54) is 17.2 Å². The zero-order valence-electron chi connectivity index (χ0n) is 16.8. The van der Waals surface area contributed by atoms with Crippen LogP contribution in [0.2, 0.25) is 0 Å². The van der Waals surface area contributed by atoms with Gasteiger partial charge in [-0.25, -0.2) is 13.6 Å². The zero-order chi connectivity index (χ0) is 21.1. The maximum absolute atomic E-state index is 14.2. The predicted molar refractivity (Wildman–Crippen MR) is 108 cm³/mol. The molecule has 158 valence electrons. The van der Waals surface area contributed by atoms with Gasteiger partial charge in [-0.05, 0) is 61.9 Å². The molecule has 1 aliphatic heterocycles. The second-order valence-electron chi connectivity index (χ2n) is 7.65. The van der Waals surface area contributed by atoms with Crippen LogP contribution in [0, 0.1) is 24.5 Å². The Bertz CT molecular complexity index is 957. The van der Waals surface area contributed by atoms with E-state index >= 15 is 0 Å². The van der Waals surface area contributed by atoms with Crippen molar-refractivity contribution in [3.63, 3.8) is 0 Å². The molecule has 0 radical (unpaired) electrons. The second-order valence-corrected chi connectivity index (χ2v) is 7.65. The van der Waals surface area contributed by atoms with Gasteiger partial charge in [0.1, 0.15) is 11.6 Å². The van der Waals surface area contributed by atoms with Crippen molar-refractivity contribution in [2.75, 3.05) is 11.7 Å². The highest BCUT2D eigenvalue weighted by Crippen LogP contribution is 2.35. The van der Waals surface area contributed by atoms with Crippen molar-refractivity contribution in [2.24, 2.45) is 5.92 Å². The molecule has 1 amide bonds. The van der Waals surface area contributed by atoms with Gasteiger partial charge >= 0.3 is 0 Å². The Kier molecular flexibility index (Phi) is 6.20. The Hall–Kier alpha value is -2.64. The maximum Gasteiger partial charge on any atom is 0.257 e. The van der Waals surface area contributed by atoms with E-state index < -0.39 is 23.8 Å². The van der Waals surface area contributed by atoms with Gasteiger partial charge in [0.2, 0.25) is 0 Å². The fraction of sp³-hybridized carbons (Fsp3) is 0.391. The van der Waals surface area contributed by atoms with Gasteiger partial charge < -0.3 is 4.74 Å². The first-order valence-corrected chi connectivity index (χ1v) is 10.2. The number of anilines is 1. The van der Waals surface area contributed by atoms with Gasteiger partial charge in [0.15, 0.2) is 6.29 Å². The van der Waals surface area contributed by atoms with E-state index in [1.54, 1.807) is 25.3 Å². The highest BCUT2D eigenvalue weighted by atomic mass is 19.1. The summed E-state index contributed by atoms with van der Waals surface area (Å²) in [5.74, 6) is -1.59. The lowest BCUT2D eigenvalue weighted by Gasteiger charge is -2.31. The molecule has 1 fully saturated rings. The highest BCUT2D eigenvalue weighted by Gasteiger charge is 2.32. The van der Waals surface area contributed by atoms with E-state index in [9.17, 15) is 13.6 Å². The van der Waals surface area contributed by atoms with Crippen LogP contribution in [0.1, 0.15) is 43.2 Å². The fourth-order valence-corrected chi connectivity index (χ4v) is 3.85. The molecule has 4 rings (SSSR count). The van der Waals surface area contributed by atoms with Crippen LogP contribution in [-0.2, 0) is 14.4 Å². The van der Waals surface area contributed by atoms with Crippen molar-refractivity contribution < 1.29 is 23.1 Å². The molecule has 7 heteroatoms. The van der Waals surface area contributed by atoms with Crippen molar-refractivity contribution in [3.8, 4) is 0 Å². The van der Waals surface area contributed by atoms with Crippen LogP contribution in [0.5, 0.6) is 0 Å². The molecule has 0 saturated carbocycles. The summed E-state index contributed by atoms with van der Waals surface area (Å²) < 4.78 is 33.4. The lowest BCUT2D eigenvalue weighted by atomic mass is 10.1. The largest absolute Gasteiger partial charge is 0.350 e. The minimum absolute atomic E-state index is 0.294. The lowest BCUT2D eigenvalue weighted by Crippen LogP contribution is -2.40. The molecule has 2 atom stereocenters. The van der Waals surface area contributed by atoms with E-state index in [0.29, 0.717) is 42.7 Å². The van der Waals surface area contributed by atoms with Crippen LogP contribution in [0.15, 0.2) is 42.7 Å². The Morgan fingerprint density at radius 1 is 1.23 bits per heavy atom. The monoisotopic (exact) mass is 414 g/mol. The van der Waals surface area contributed by atoms with Crippen molar-refractivity contribution in [1.29, 1.82) is 0 Å². The minimum atomic E-state index is -0.553. The summed E-state index contributed by atoms with van der Waals surface area (Å²) in [6, 6.07) is 5.97.